The minimum absolute atomic E-state index is 0.462. The average molecular weight is 327 g/mol. The normalized spacial score (nSPS) is 11.3. The van der Waals surface area contributed by atoms with Gasteiger partial charge in [0, 0.05) is 18.8 Å². The van der Waals surface area contributed by atoms with Crippen LogP contribution in [0, 0.1) is 11.3 Å². The van der Waals surface area contributed by atoms with Crippen molar-refractivity contribution in [2.45, 2.75) is 6.18 Å². The number of nitrogens with zero attached hydrogens (tertiary/aromatic N) is 3. The zero-order valence-corrected chi connectivity index (χ0v) is 12.7. The predicted octanol–water partition coefficient (Wildman–Crippen LogP) is 4.64. The van der Waals surface area contributed by atoms with Crippen LogP contribution in [0.4, 0.5) is 13.2 Å². The van der Waals surface area contributed by atoms with Crippen LogP contribution in [0.3, 0.4) is 0 Å². The summed E-state index contributed by atoms with van der Waals surface area (Å²) in [5.41, 5.74) is 2.43. The van der Waals surface area contributed by atoms with Gasteiger partial charge in [-0.1, -0.05) is 18.2 Å². The summed E-state index contributed by atoms with van der Waals surface area (Å²) in [6.45, 7) is 0. The molecule has 0 saturated carbocycles. The number of rotatable bonds is 2. The number of aryl methyl sites for hydroxylation is 1. The maximum Gasteiger partial charge on any atom is 0.416 e. The van der Waals surface area contributed by atoms with E-state index in [1.165, 1.54) is 12.1 Å². The van der Waals surface area contributed by atoms with Gasteiger partial charge in [-0.05, 0) is 41.5 Å². The molecule has 2 aromatic carbocycles. The van der Waals surface area contributed by atoms with E-state index in [0.29, 0.717) is 22.4 Å². The van der Waals surface area contributed by atoms with Crippen LogP contribution in [0.2, 0.25) is 0 Å². The average Bonchev–Trinajstić information content (AvgIpc) is 3.00. The lowest BCUT2D eigenvalue weighted by atomic mass is 9.97. The van der Waals surface area contributed by atoms with Crippen molar-refractivity contribution in [1.82, 2.24) is 9.78 Å². The number of halogens is 3. The van der Waals surface area contributed by atoms with Gasteiger partial charge < -0.3 is 0 Å². The fraction of sp³-hybridized carbons (Fsp3) is 0.111. The highest BCUT2D eigenvalue weighted by Gasteiger charge is 2.29. The van der Waals surface area contributed by atoms with Gasteiger partial charge in [0.15, 0.2) is 0 Å². The van der Waals surface area contributed by atoms with Crippen LogP contribution in [0.5, 0.6) is 0 Å². The van der Waals surface area contributed by atoms with Crippen molar-refractivity contribution in [2.75, 3.05) is 0 Å². The van der Waals surface area contributed by atoms with E-state index in [-0.39, 0.29) is 0 Å². The number of hydrogen-bond acceptors (Lipinski definition) is 2. The molecule has 24 heavy (non-hydrogen) atoms. The van der Waals surface area contributed by atoms with E-state index in [0.717, 1.165) is 17.7 Å². The van der Waals surface area contributed by atoms with Gasteiger partial charge in [0.25, 0.3) is 0 Å². The zero-order valence-electron chi connectivity index (χ0n) is 12.7. The molecule has 1 aromatic heterocycles. The molecule has 0 amide bonds. The van der Waals surface area contributed by atoms with Crippen molar-refractivity contribution < 1.29 is 13.2 Å². The molecule has 0 aliphatic rings. The molecule has 0 unspecified atom stereocenters. The fourth-order valence-electron chi connectivity index (χ4n) is 2.44. The molecule has 0 N–H and O–H groups in total. The van der Waals surface area contributed by atoms with Gasteiger partial charge in [-0.15, -0.1) is 0 Å². The quantitative estimate of drug-likeness (QED) is 0.688. The van der Waals surface area contributed by atoms with Crippen molar-refractivity contribution in [3.8, 4) is 28.5 Å². The number of hydrogen-bond donors (Lipinski definition) is 0. The summed E-state index contributed by atoms with van der Waals surface area (Å²) in [6.07, 6.45) is -2.59. The molecule has 6 heteroatoms. The van der Waals surface area contributed by atoms with E-state index < -0.39 is 11.7 Å². The summed E-state index contributed by atoms with van der Waals surface area (Å²) in [5, 5.41) is 13.6. The van der Waals surface area contributed by atoms with E-state index in [1.807, 2.05) is 0 Å². The Morgan fingerprint density at radius 2 is 1.67 bits per heavy atom. The first-order valence-corrected chi connectivity index (χ1v) is 7.10. The highest BCUT2D eigenvalue weighted by molar-refractivity contribution is 5.75. The second-order valence-corrected chi connectivity index (χ2v) is 5.32. The van der Waals surface area contributed by atoms with Crippen LogP contribution < -0.4 is 0 Å². The van der Waals surface area contributed by atoms with Crippen LogP contribution in [-0.2, 0) is 13.2 Å². The first kappa shape index (κ1) is 15.8. The Balaban J connectivity index is 2.05. The lowest BCUT2D eigenvalue weighted by Gasteiger charge is -2.09. The maximum absolute atomic E-state index is 12.7. The number of benzene rings is 2. The monoisotopic (exact) mass is 327 g/mol. The van der Waals surface area contributed by atoms with Gasteiger partial charge in [0.05, 0.1) is 22.9 Å². The molecule has 0 spiro atoms. The van der Waals surface area contributed by atoms with Crippen LogP contribution in [-0.4, -0.2) is 9.78 Å². The standard InChI is InChI=1S/C18H12F3N3/c1-24-9-8-17(23-24)16-10-13(2-3-14(16)11-22)12-4-6-15(7-5-12)18(19,20)21/h2-10H,1H3. The summed E-state index contributed by atoms with van der Waals surface area (Å²) in [5.74, 6) is 0. The molecule has 0 radical (unpaired) electrons. The van der Waals surface area contributed by atoms with Gasteiger partial charge >= 0.3 is 6.18 Å². The van der Waals surface area contributed by atoms with E-state index in [9.17, 15) is 18.4 Å². The molecule has 0 atom stereocenters. The van der Waals surface area contributed by atoms with Crippen LogP contribution in [0.1, 0.15) is 11.1 Å². The van der Waals surface area contributed by atoms with Crippen molar-refractivity contribution in [2.24, 2.45) is 7.05 Å². The van der Waals surface area contributed by atoms with Crippen molar-refractivity contribution in [1.29, 1.82) is 5.26 Å². The minimum Gasteiger partial charge on any atom is -0.275 e. The van der Waals surface area contributed by atoms with Crippen LogP contribution in [0.15, 0.2) is 54.7 Å². The van der Waals surface area contributed by atoms with Gasteiger partial charge in [0.2, 0.25) is 0 Å². The van der Waals surface area contributed by atoms with E-state index in [1.54, 1.807) is 42.2 Å². The third-order valence-electron chi connectivity index (χ3n) is 3.68. The SMILES string of the molecule is Cn1ccc(-c2cc(-c3ccc(C(F)(F)F)cc3)ccc2C#N)n1. The molecule has 0 fully saturated rings. The minimum atomic E-state index is -4.36. The third kappa shape index (κ3) is 3.01. The Kier molecular flexibility index (Phi) is 3.86. The van der Waals surface area contributed by atoms with Crippen molar-refractivity contribution in [3.63, 3.8) is 0 Å². The summed E-state index contributed by atoms with van der Waals surface area (Å²) < 4.78 is 39.6. The summed E-state index contributed by atoms with van der Waals surface area (Å²) in [7, 11) is 1.77. The Bertz CT molecular complexity index is 916. The largest absolute Gasteiger partial charge is 0.416 e. The molecular weight excluding hydrogens is 315 g/mol. The second-order valence-electron chi connectivity index (χ2n) is 5.32. The number of alkyl halides is 3. The smallest absolute Gasteiger partial charge is 0.275 e. The lowest BCUT2D eigenvalue weighted by molar-refractivity contribution is -0.137. The molecule has 3 rings (SSSR count). The Hall–Kier alpha value is -3.07. The predicted molar refractivity (Wildman–Crippen MR) is 83.8 cm³/mol. The zero-order chi connectivity index (χ0) is 17.3. The Morgan fingerprint density at radius 1 is 1.00 bits per heavy atom. The fourth-order valence-corrected chi connectivity index (χ4v) is 2.44. The van der Waals surface area contributed by atoms with Crippen molar-refractivity contribution >= 4 is 0 Å². The first-order valence-electron chi connectivity index (χ1n) is 7.10. The van der Waals surface area contributed by atoms with E-state index in [2.05, 4.69) is 11.2 Å². The molecule has 3 aromatic rings. The molecule has 1 heterocycles. The molecule has 3 nitrogen and oxygen atoms in total. The lowest BCUT2D eigenvalue weighted by Crippen LogP contribution is -2.04. The highest BCUT2D eigenvalue weighted by Crippen LogP contribution is 2.32. The van der Waals surface area contributed by atoms with Crippen molar-refractivity contribution in [3.05, 3.63) is 65.9 Å². The van der Waals surface area contributed by atoms with Crippen LogP contribution in [0.25, 0.3) is 22.4 Å². The Morgan fingerprint density at radius 3 is 2.21 bits per heavy atom. The molecule has 120 valence electrons. The summed E-state index contributed by atoms with van der Waals surface area (Å²) in [6, 6.07) is 14.0. The molecule has 0 aliphatic carbocycles. The summed E-state index contributed by atoms with van der Waals surface area (Å²) in [4.78, 5) is 0. The van der Waals surface area contributed by atoms with Gasteiger partial charge in [0.1, 0.15) is 0 Å². The number of nitriles is 1. The van der Waals surface area contributed by atoms with Gasteiger partial charge in [-0.2, -0.15) is 23.5 Å². The van der Waals surface area contributed by atoms with Gasteiger partial charge in [-0.3, -0.25) is 4.68 Å². The summed E-state index contributed by atoms with van der Waals surface area (Å²) >= 11 is 0. The molecule has 0 saturated heterocycles. The Labute approximate surface area is 136 Å². The number of aromatic nitrogens is 2. The second kappa shape index (κ2) is 5.85. The highest BCUT2D eigenvalue weighted by atomic mass is 19.4. The van der Waals surface area contributed by atoms with Crippen LogP contribution >= 0.6 is 0 Å². The molecular formula is C18H12F3N3. The topological polar surface area (TPSA) is 41.6 Å². The van der Waals surface area contributed by atoms with Gasteiger partial charge in [-0.25, -0.2) is 0 Å². The third-order valence-corrected chi connectivity index (χ3v) is 3.68. The molecule has 0 aliphatic heterocycles. The molecule has 0 bridgehead atoms. The van der Waals surface area contributed by atoms with E-state index >= 15 is 0 Å². The van der Waals surface area contributed by atoms with E-state index in [4.69, 9.17) is 0 Å². The first-order chi connectivity index (χ1) is 11.4. The maximum atomic E-state index is 12.7.